The van der Waals surface area contributed by atoms with Gasteiger partial charge in [-0.25, -0.2) is 27.1 Å². The third-order valence-electron chi connectivity index (χ3n) is 7.79. The summed E-state index contributed by atoms with van der Waals surface area (Å²) in [5.74, 6) is 0.141. The average molecular weight is 513 g/mol. The Bertz CT molecular complexity index is 700. The fourth-order valence-electron chi connectivity index (χ4n) is 4.84. The molecule has 4 N–H and O–H groups in total. The van der Waals surface area contributed by atoms with Gasteiger partial charge in [-0.2, -0.15) is 0 Å². The second-order valence-corrected chi connectivity index (χ2v) is 13.3. The molecule has 0 heterocycles. The molecule has 200 valence electrons. The number of hydrogen-bond donors (Lipinski definition) is 2. The van der Waals surface area contributed by atoms with E-state index in [1.807, 2.05) is 0 Å². The smallest absolute Gasteiger partial charge is 0.209 e. The second-order valence-electron chi connectivity index (χ2n) is 9.88. The Hall–Kier alpha value is -0.220. The zero-order valence-corrected chi connectivity index (χ0v) is 23.4. The highest BCUT2D eigenvalue weighted by atomic mass is 32.2. The lowest BCUT2D eigenvalue weighted by Crippen LogP contribution is -2.26. The first-order valence-electron chi connectivity index (χ1n) is 12.9. The first-order chi connectivity index (χ1) is 15.4. The summed E-state index contributed by atoms with van der Waals surface area (Å²) in [4.78, 5) is 0. The van der Waals surface area contributed by atoms with E-state index in [0.29, 0.717) is 18.3 Å². The van der Waals surface area contributed by atoms with Crippen LogP contribution < -0.4 is 10.3 Å². The van der Waals surface area contributed by atoms with Crippen molar-refractivity contribution in [2.75, 3.05) is 24.7 Å². The van der Waals surface area contributed by atoms with Crippen LogP contribution in [0, 0.1) is 10.8 Å². The standard InChI is InChI=1S/C24H52N2O5S2/c1-5-23(6-2,17-11-14-21-32(25,27)28)15-9-12-19-31-20-13-10-16-24(7-3,8-4)18-22-33(26,29)30/h5-22H2,1-4H3,(H2,25,27,28)(H2,26,29,30). The SMILES string of the molecule is CCC(CC)(CCCCOCCCCC(CC)(CC)CCS(N)(=O)=O)CCCCS(N)(=O)=O. The Kier molecular flexibility index (Phi) is 16.3. The molecular formula is C24H52N2O5S2. The van der Waals surface area contributed by atoms with Gasteiger partial charge in [0.15, 0.2) is 0 Å². The first-order valence-corrected chi connectivity index (χ1v) is 16.4. The number of ether oxygens (including phenoxy) is 1. The maximum atomic E-state index is 11.3. The molecule has 0 amide bonds. The van der Waals surface area contributed by atoms with Crippen LogP contribution in [0.5, 0.6) is 0 Å². The van der Waals surface area contributed by atoms with E-state index in [2.05, 4.69) is 27.7 Å². The zero-order chi connectivity index (χ0) is 25.4. The van der Waals surface area contributed by atoms with Crippen molar-refractivity contribution < 1.29 is 21.6 Å². The minimum Gasteiger partial charge on any atom is -0.381 e. The van der Waals surface area contributed by atoms with E-state index in [1.54, 1.807) is 0 Å². The van der Waals surface area contributed by atoms with E-state index in [0.717, 1.165) is 90.3 Å². The van der Waals surface area contributed by atoms with Crippen molar-refractivity contribution in [2.45, 2.75) is 118 Å². The van der Waals surface area contributed by atoms with E-state index >= 15 is 0 Å². The van der Waals surface area contributed by atoms with Crippen LogP contribution in [0.2, 0.25) is 0 Å². The summed E-state index contributed by atoms with van der Waals surface area (Å²) in [5.41, 5.74) is 0.351. The minimum absolute atomic E-state index is 0.0599. The number of rotatable bonds is 22. The number of hydrogen-bond acceptors (Lipinski definition) is 5. The quantitative estimate of drug-likeness (QED) is 0.195. The molecule has 9 heteroatoms. The van der Waals surface area contributed by atoms with Crippen LogP contribution in [-0.4, -0.2) is 41.6 Å². The maximum Gasteiger partial charge on any atom is 0.209 e. The molecule has 0 aromatic rings. The normalized spacial score (nSPS) is 13.5. The van der Waals surface area contributed by atoms with Crippen molar-refractivity contribution >= 4 is 20.0 Å². The van der Waals surface area contributed by atoms with Crippen molar-refractivity contribution in [1.82, 2.24) is 0 Å². The molecule has 0 aromatic heterocycles. The van der Waals surface area contributed by atoms with E-state index in [1.165, 1.54) is 0 Å². The van der Waals surface area contributed by atoms with E-state index in [-0.39, 0.29) is 16.9 Å². The molecule has 0 bridgehead atoms. The summed E-state index contributed by atoms with van der Waals surface area (Å²) in [6.07, 6.45) is 13.8. The molecule has 33 heavy (non-hydrogen) atoms. The summed E-state index contributed by atoms with van der Waals surface area (Å²) in [6.45, 7) is 10.3. The third kappa shape index (κ3) is 16.1. The van der Waals surface area contributed by atoms with Gasteiger partial charge in [-0.15, -0.1) is 0 Å². The second kappa shape index (κ2) is 16.5. The number of primary sulfonamides is 2. The van der Waals surface area contributed by atoms with Gasteiger partial charge in [-0.1, -0.05) is 72.6 Å². The fourth-order valence-corrected chi connectivity index (χ4v) is 6.16. The lowest BCUT2D eigenvalue weighted by Gasteiger charge is -2.32. The molecule has 0 saturated carbocycles. The monoisotopic (exact) mass is 512 g/mol. The van der Waals surface area contributed by atoms with Gasteiger partial charge in [0.25, 0.3) is 0 Å². The third-order valence-corrected chi connectivity index (χ3v) is 9.43. The van der Waals surface area contributed by atoms with Crippen molar-refractivity contribution in [3.05, 3.63) is 0 Å². The predicted molar refractivity (Wildman–Crippen MR) is 139 cm³/mol. The molecule has 0 rings (SSSR count). The lowest BCUT2D eigenvalue weighted by atomic mass is 9.74. The average Bonchev–Trinajstić information content (AvgIpc) is 2.75. The lowest BCUT2D eigenvalue weighted by molar-refractivity contribution is 0.114. The molecule has 0 radical (unpaired) electrons. The summed E-state index contributed by atoms with van der Waals surface area (Å²) in [5, 5.41) is 10.3. The van der Waals surface area contributed by atoms with Gasteiger partial charge >= 0.3 is 0 Å². The van der Waals surface area contributed by atoms with E-state index in [4.69, 9.17) is 15.0 Å². The van der Waals surface area contributed by atoms with Crippen molar-refractivity contribution in [2.24, 2.45) is 21.1 Å². The highest BCUT2D eigenvalue weighted by molar-refractivity contribution is 7.89. The van der Waals surface area contributed by atoms with Gasteiger partial charge in [-0.3, -0.25) is 0 Å². The van der Waals surface area contributed by atoms with Crippen LogP contribution in [0.3, 0.4) is 0 Å². The molecule has 0 aliphatic carbocycles. The summed E-state index contributed by atoms with van der Waals surface area (Å²) in [6, 6.07) is 0. The number of unbranched alkanes of at least 4 members (excludes halogenated alkanes) is 3. The van der Waals surface area contributed by atoms with Crippen molar-refractivity contribution in [1.29, 1.82) is 0 Å². The van der Waals surface area contributed by atoms with Crippen LogP contribution in [0.1, 0.15) is 118 Å². The summed E-state index contributed by atoms with van der Waals surface area (Å²) in [7, 11) is -6.76. The van der Waals surface area contributed by atoms with Crippen LogP contribution in [0.15, 0.2) is 0 Å². The van der Waals surface area contributed by atoms with Crippen LogP contribution in [0.25, 0.3) is 0 Å². The maximum absolute atomic E-state index is 11.3. The predicted octanol–water partition coefficient (Wildman–Crippen LogP) is 5.09. The van der Waals surface area contributed by atoms with Gasteiger partial charge in [0, 0.05) is 13.2 Å². The molecule has 0 saturated heterocycles. The summed E-state index contributed by atoms with van der Waals surface area (Å²) >= 11 is 0. The van der Waals surface area contributed by atoms with Gasteiger partial charge < -0.3 is 4.74 Å². The molecule has 0 atom stereocenters. The van der Waals surface area contributed by atoms with E-state index < -0.39 is 20.0 Å². The molecular weight excluding hydrogens is 460 g/mol. The highest BCUT2D eigenvalue weighted by Gasteiger charge is 2.27. The molecule has 0 spiro atoms. The Morgan fingerprint density at radius 2 is 0.909 bits per heavy atom. The molecule has 0 aromatic carbocycles. The Morgan fingerprint density at radius 3 is 1.27 bits per heavy atom. The molecule has 7 nitrogen and oxygen atoms in total. The van der Waals surface area contributed by atoms with Crippen molar-refractivity contribution in [3.63, 3.8) is 0 Å². The van der Waals surface area contributed by atoms with Crippen molar-refractivity contribution in [3.8, 4) is 0 Å². The zero-order valence-electron chi connectivity index (χ0n) is 21.7. The molecule has 0 unspecified atom stereocenters. The summed E-state index contributed by atoms with van der Waals surface area (Å²) < 4.78 is 50.8. The van der Waals surface area contributed by atoms with Gasteiger partial charge in [-0.05, 0) is 55.8 Å². The minimum atomic E-state index is -3.41. The highest BCUT2D eigenvalue weighted by Crippen LogP contribution is 2.38. The Morgan fingerprint density at radius 1 is 0.545 bits per heavy atom. The molecule has 0 aliphatic heterocycles. The van der Waals surface area contributed by atoms with E-state index in [9.17, 15) is 16.8 Å². The Balaban J connectivity index is 4.11. The van der Waals surface area contributed by atoms with Crippen LogP contribution in [-0.2, 0) is 24.8 Å². The van der Waals surface area contributed by atoms with Crippen LogP contribution >= 0.6 is 0 Å². The van der Waals surface area contributed by atoms with Gasteiger partial charge in [0.05, 0.1) is 11.5 Å². The van der Waals surface area contributed by atoms with Crippen LogP contribution in [0.4, 0.5) is 0 Å². The van der Waals surface area contributed by atoms with Gasteiger partial charge in [0.2, 0.25) is 20.0 Å². The largest absolute Gasteiger partial charge is 0.381 e. The fraction of sp³-hybridized carbons (Fsp3) is 1.00. The molecule has 0 fully saturated rings. The number of nitrogens with two attached hydrogens (primary N) is 2. The van der Waals surface area contributed by atoms with Gasteiger partial charge in [0.1, 0.15) is 0 Å². The Labute approximate surface area is 204 Å². The first kappa shape index (κ1) is 32.8. The molecule has 0 aliphatic rings. The number of sulfonamides is 2. The topological polar surface area (TPSA) is 130 Å².